The monoisotopic (exact) mass is 358 g/mol. The van der Waals surface area contributed by atoms with Gasteiger partial charge < -0.3 is 10.6 Å². The van der Waals surface area contributed by atoms with Crippen LogP contribution in [-0.2, 0) is 0 Å². The van der Waals surface area contributed by atoms with E-state index in [0.29, 0.717) is 23.9 Å². The zero-order valence-electron chi connectivity index (χ0n) is 15.5. The van der Waals surface area contributed by atoms with Crippen LogP contribution in [0, 0.1) is 13.8 Å². The molecule has 1 aromatic heterocycles. The summed E-state index contributed by atoms with van der Waals surface area (Å²) in [5, 5.41) is 6.04. The average Bonchev–Trinajstić information content (AvgIpc) is 2.69. The van der Waals surface area contributed by atoms with Gasteiger partial charge in [0.1, 0.15) is 11.5 Å². The van der Waals surface area contributed by atoms with Gasteiger partial charge in [-0.3, -0.25) is 4.79 Å². The molecule has 0 saturated heterocycles. The van der Waals surface area contributed by atoms with Crippen molar-refractivity contribution in [1.29, 1.82) is 0 Å². The van der Waals surface area contributed by atoms with Crippen molar-refractivity contribution in [3.8, 4) is 11.4 Å². The first kappa shape index (κ1) is 18.3. The molecule has 0 atom stereocenters. The van der Waals surface area contributed by atoms with Crippen LogP contribution in [-0.4, -0.2) is 22.4 Å². The van der Waals surface area contributed by atoms with Crippen LogP contribution in [0.25, 0.3) is 11.4 Å². The van der Waals surface area contributed by atoms with E-state index >= 15 is 0 Å². The lowest BCUT2D eigenvalue weighted by Gasteiger charge is -2.11. The summed E-state index contributed by atoms with van der Waals surface area (Å²) < 4.78 is 0. The largest absolute Gasteiger partial charge is 0.366 e. The fraction of sp³-hybridized carbons (Fsp3) is 0.136. The molecule has 0 aliphatic heterocycles. The molecule has 2 aromatic carbocycles. The molecule has 0 fully saturated rings. The lowest BCUT2D eigenvalue weighted by molar-refractivity contribution is 0.102. The molecule has 0 bridgehead atoms. The van der Waals surface area contributed by atoms with Crippen molar-refractivity contribution < 1.29 is 4.79 Å². The molecule has 0 unspecified atom stereocenters. The van der Waals surface area contributed by atoms with Gasteiger partial charge in [0.15, 0.2) is 5.82 Å². The average molecular weight is 358 g/mol. The minimum absolute atomic E-state index is 0.278. The molecule has 0 radical (unpaired) electrons. The zero-order valence-corrected chi connectivity index (χ0v) is 15.5. The number of rotatable bonds is 6. The number of benzene rings is 2. The third-order valence-corrected chi connectivity index (χ3v) is 4.18. The number of aromatic nitrogens is 2. The standard InChI is InChI=1S/C22H22N4O/c1-4-12-23-20-14-19(25-21(26-20)17-8-6-5-7-9-17)22(27)24-18-11-10-15(2)16(3)13-18/h4-11,13-14H,1,12H2,2-3H3,(H,24,27)(H,23,25,26). The van der Waals surface area contributed by atoms with Crippen molar-refractivity contribution in [2.75, 3.05) is 17.2 Å². The molecule has 1 amide bonds. The Morgan fingerprint density at radius 2 is 1.81 bits per heavy atom. The molecule has 5 heteroatoms. The van der Waals surface area contributed by atoms with E-state index in [4.69, 9.17) is 0 Å². The second kappa shape index (κ2) is 8.27. The maximum atomic E-state index is 12.8. The highest BCUT2D eigenvalue weighted by atomic mass is 16.1. The number of nitrogens with zero attached hydrogens (tertiary/aromatic N) is 2. The zero-order chi connectivity index (χ0) is 19.2. The van der Waals surface area contributed by atoms with Crippen LogP contribution in [0.1, 0.15) is 21.6 Å². The summed E-state index contributed by atoms with van der Waals surface area (Å²) in [6.07, 6.45) is 1.74. The Labute approximate surface area is 159 Å². The molecule has 3 rings (SSSR count). The smallest absolute Gasteiger partial charge is 0.274 e. The summed E-state index contributed by atoms with van der Waals surface area (Å²) in [7, 11) is 0. The van der Waals surface area contributed by atoms with Gasteiger partial charge in [0.05, 0.1) is 0 Å². The highest BCUT2D eigenvalue weighted by Gasteiger charge is 2.13. The van der Waals surface area contributed by atoms with E-state index in [9.17, 15) is 4.79 Å². The Morgan fingerprint density at radius 1 is 1.04 bits per heavy atom. The number of nitrogens with one attached hydrogen (secondary N) is 2. The van der Waals surface area contributed by atoms with Crippen molar-refractivity contribution in [2.24, 2.45) is 0 Å². The Hall–Kier alpha value is -3.47. The summed E-state index contributed by atoms with van der Waals surface area (Å²) in [6.45, 7) is 8.30. The topological polar surface area (TPSA) is 66.9 Å². The number of carbonyl (C=O) groups excluding carboxylic acids is 1. The quantitative estimate of drug-likeness (QED) is 0.632. The highest BCUT2D eigenvalue weighted by molar-refractivity contribution is 6.03. The van der Waals surface area contributed by atoms with Crippen molar-refractivity contribution in [1.82, 2.24) is 9.97 Å². The van der Waals surface area contributed by atoms with Crippen LogP contribution in [0.4, 0.5) is 11.5 Å². The minimum atomic E-state index is -0.278. The molecular formula is C22H22N4O. The number of amides is 1. The summed E-state index contributed by atoms with van der Waals surface area (Å²) >= 11 is 0. The Kier molecular flexibility index (Phi) is 5.61. The van der Waals surface area contributed by atoms with Crippen LogP contribution in [0.5, 0.6) is 0 Å². The lowest BCUT2D eigenvalue weighted by atomic mass is 10.1. The number of anilines is 2. The van der Waals surface area contributed by atoms with Gasteiger partial charge in [-0.05, 0) is 37.1 Å². The first-order chi connectivity index (χ1) is 13.1. The molecule has 2 N–H and O–H groups in total. The van der Waals surface area contributed by atoms with E-state index in [0.717, 1.165) is 16.8 Å². The fourth-order valence-corrected chi connectivity index (χ4v) is 2.56. The van der Waals surface area contributed by atoms with Gasteiger partial charge in [-0.2, -0.15) is 0 Å². The normalized spacial score (nSPS) is 10.3. The minimum Gasteiger partial charge on any atom is -0.366 e. The highest BCUT2D eigenvalue weighted by Crippen LogP contribution is 2.19. The number of hydrogen-bond donors (Lipinski definition) is 2. The van der Waals surface area contributed by atoms with E-state index in [1.807, 2.05) is 62.4 Å². The first-order valence-corrected chi connectivity index (χ1v) is 8.74. The molecule has 0 aliphatic rings. The van der Waals surface area contributed by atoms with E-state index in [1.54, 1.807) is 12.1 Å². The Bertz CT molecular complexity index is 967. The van der Waals surface area contributed by atoms with Crippen molar-refractivity contribution >= 4 is 17.4 Å². The van der Waals surface area contributed by atoms with Crippen LogP contribution in [0.3, 0.4) is 0 Å². The molecule has 0 aliphatic carbocycles. The molecule has 3 aromatic rings. The molecule has 136 valence electrons. The van der Waals surface area contributed by atoms with Crippen LogP contribution in [0.2, 0.25) is 0 Å². The lowest BCUT2D eigenvalue weighted by Crippen LogP contribution is -2.16. The Morgan fingerprint density at radius 3 is 2.52 bits per heavy atom. The van der Waals surface area contributed by atoms with Gasteiger partial charge in [-0.1, -0.05) is 42.5 Å². The predicted octanol–water partition coefficient (Wildman–Crippen LogP) is 4.61. The SMILES string of the molecule is C=CCNc1cc(C(=O)Nc2ccc(C)c(C)c2)nc(-c2ccccc2)n1. The fourth-order valence-electron chi connectivity index (χ4n) is 2.56. The van der Waals surface area contributed by atoms with Gasteiger partial charge >= 0.3 is 0 Å². The molecular weight excluding hydrogens is 336 g/mol. The second-order valence-electron chi connectivity index (χ2n) is 6.25. The Balaban J connectivity index is 1.93. The number of carbonyl (C=O) groups is 1. The van der Waals surface area contributed by atoms with Gasteiger partial charge in [0.2, 0.25) is 0 Å². The molecule has 0 saturated carbocycles. The van der Waals surface area contributed by atoms with Gasteiger partial charge in [-0.25, -0.2) is 9.97 Å². The summed E-state index contributed by atoms with van der Waals surface area (Å²) in [5.74, 6) is 0.795. The van der Waals surface area contributed by atoms with E-state index in [1.165, 1.54) is 5.56 Å². The van der Waals surface area contributed by atoms with Gasteiger partial charge in [0, 0.05) is 23.9 Å². The maximum absolute atomic E-state index is 12.8. The third-order valence-electron chi connectivity index (χ3n) is 4.18. The molecule has 0 spiro atoms. The van der Waals surface area contributed by atoms with E-state index in [-0.39, 0.29) is 5.91 Å². The third kappa shape index (κ3) is 4.58. The second-order valence-corrected chi connectivity index (χ2v) is 6.25. The maximum Gasteiger partial charge on any atom is 0.274 e. The van der Waals surface area contributed by atoms with Crippen molar-refractivity contribution in [3.05, 3.63) is 84.1 Å². The van der Waals surface area contributed by atoms with Crippen molar-refractivity contribution in [3.63, 3.8) is 0 Å². The van der Waals surface area contributed by atoms with Gasteiger partial charge in [0.25, 0.3) is 5.91 Å². The van der Waals surface area contributed by atoms with Crippen molar-refractivity contribution in [2.45, 2.75) is 13.8 Å². The summed E-state index contributed by atoms with van der Waals surface area (Å²) in [5.41, 5.74) is 4.18. The van der Waals surface area contributed by atoms with E-state index < -0.39 is 0 Å². The number of aryl methyl sites for hydroxylation is 2. The van der Waals surface area contributed by atoms with Crippen LogP contribution >= 0.6 is 0 Å². The molecule has 27 heavy (non-hydrogen) atoms. The molecule has 5 nitrogen and oxygen atoms in total. The first-order valence-electron chi connectivity index (χ1n) is 8.74. The molecule has 1 heterocycles. The van der Waals surface area contributed by atoms with E-state index in [2.05, 4.69) is 27.2 Å². The summed E-state index contributed by atoms with van der Waals surface area (Å²) in [6, 6.07) is 17.0. The predicted molar refractivity (Wildman–Crippen MR) is 110 cm³/mol. The van der Waals surface area contributed by atoms with Crippen LogP contribution in [0.15, 0.2) is 67.3 Å². The summed E-state index contributed by atoms with van der Waals surface area (Å²) in [4.78, 5) is 21.7. The van der Waals surface area contributed by atoms with Gasteiger partial charge in [-0.15, -0.1) is 6.58 Å². The number of hydrogen-bond acceptors (Lipinski definition) is 4. The van der Waals surface area contributed by atoms with Crippen LogP contribution < -0.4 is 10.6 Å².